The van der Waals surface area contributed by atoms with Gasteiger partial charge in [0.15, 0.2) is 11.6 Å². The van der Waals surface area contributed by atoms with Crippen molar-refractivity contribution in [3.05, 3.63) is 10.2 Å². The van der Waals surface area contributed by atoms with E-state index in [9.17, 15) is 0 Å². The van der Waals surface area contributed by atoms with E-state index in [1.54, 1.807) is 0 Å². The molecule has 0 spiro atoms. The van der Waals surface area contributed by atoms with Crippen LogP contribution in [0.15, 0.2) is 9.00 Å². The Balaban J connectivity index is 1.85. The van der Waals surface area contributed by atoms with Gasteiger partial charge in [-0.3, -0.25) is 0 Å². The summed E-state index contributed by atoms with van der Waals surface area (Å²) in [7, 11) is 0. The summed E-state index contributed by atoms with van der Waals surface area (Å²) in [5.41, 5.74) is 7.01. The Kier molecular flexibility index (Phi) is 2.18. The van der Waals surface area contributed by atoms with Gasteiger partial charge in [-0.2, -0.15) is 0 Å². The highest BCUT2D eigenvalue weighted by molar-refractivity contribution is 9.10. The van der Waals surface area contributed by atoms with E-state index in [4.69, 9.17) is 10.3 Å². The number of rotatable bonds is 1. The fourth-order valence-corrected chi connectivity index (χ4v) is 6.89. The molecule has 0 aromatic carbocycles. The summed E-state index contributed by atoms with van der Waals surface area (Å²) in [5, 5.41) is 3.97. The summed E-state index contributed by atoms with van der Waals surface area (Å²) >= 11 is 3.59. The van der Waals surface area contributed by atoms with Crippen molar-refractivity contribution in [2.24, 2.45) is 16.7 Å². The number of nitrogens with two attached hydrogens (primary N) is 1. The second-order valence-corrected chi connectivity index (χ2v) is 8.91. The maximum atomic E-state index is 5.87. The largest absolute Gasteiger partial charge is 0.380 e. The smallest absolute Gasteiger partial charge is 0.181 e. The van der Waals surface area contributed by atoms with Gasteiger partial charge < -0.3 is 10.3 Å². The van der Waals surface area contributed by atoms with Crippen LogP contribution in [0.4, 0.5) is 5.82 Å². The number of hydrogen-bond acceptors (Lipinski definition) is 3. The van der Waals surface area contributed by atoms with E-state index in [1.807, 2.05) is 0 Å². The zero-order valence-corrected chi connectivity index (χ0v) is 13.2. The van der Waals surface area contributed by atoms with Gasteiger partial charge in [0.25, 0.3) is 0 Å². The Hall–Kier alpha value is -0.510. The molecular weight excluding hydrogens is 304 g/mol. The fraction of sp³-hybridized carbons (Fsp3) is 0.800. The number of aromatic nitrogens is 1. The quantitative estimate of drug-likeness (QED) is 0.839. The van der Waals surface area contributed by atoms with Gasteiger partial charge in [-0.05, 0) is 71.2 Å². The molecule has 1 heterocycles. The van der Waals surface area contributed by atoms with Crippen molar-refractivity contribution in [3.63, 3.8) is 0 Å². The van der Waals surface area contributed by atoms with Crippen LogP contribution in [-0.2, 0) is 5.41 Å². The highest BCUT2D eigenvalue weighted by atomic mass is 79.9. The third-order valence-electron chi connectivity index (χ3n) is 5.77. The number of hydrogen-bond donors (Lipinski definition) is 1. The Bertz CT molecular complexity index is 534. The summed E-state index contributed by atoms with van der Waals surface area (Å²) in [6.07, 6.45) is 7.89. The zero-order valence-electron chi connectivity index (χ0n) is 11.6. The number of nitrogen functional groups attached to an aromatic ring is 1. The average Bonchev–Trinajstić information content (AvgIpc) is 2.54. The summed E-state index contributed by atoms with van der Waals surface area (Å²) in [6, 6.07) is 0. The van der Waals surface area contributed by atoms with Crippen LogP contribution in [0.5, 0.6) is 0 Å². The molecule has 0 radical (unpaired) electrons. The molecule has 104 valence electrons. The summed E-state index contributed by atoms with van der Waals surface area (Å²) in [4.78, 5) is 0. The molecule has 19 heavy (non-hydrogen) atoms. The molecule has 2 atom stereocenters. The van der Waals surface area contributed by atoms with Crippen LogP contribution in [0.25, 0.3) is 0 Å². The van der Waals surface area contributed by atoms with E-state index in [0.29, 0.717) is 16.6 Å². The van der Waals surface area contributed by atoms with E-state index in [2.05, 4.69) is 34.9 Å². The Morgan fingerprint density at radius 3 is 2.26 bits per heavy atom. The van der Waals surface area contributed by atoms with Crippen LogP contribution >= 0.6 is 15.9 Å². The standard InChI is InChI=1S/C15H21BrN2O/c1-13-3-9-4-14(2,6-13)8-15(5-9,7-13)11-10(16)12(17)18-19-11/h9H,3-8H2,1-2H3,(H2,17,18). The van der Waals surface area contributed by atoms with E-state index in [1.165, 1.54) is 38.5 Å². The second kappa shape index (κ2) is 3.38. The zero-order chi connectivity index (χ0) is 13.5. The number of nitrogens with zero attached hydrogens (tertiary/aromatic N) is 1. The van der Waals surface area contributed by atoms with Gasteiger partial charge >= 0.3 is 0 Å². The molecule has 0 amide bonds. The summed E-state index contributed by atoms with van der Waals surface area (Å²) in [5.74, 6) is 2.37. The highest BCUT2D eigenvalue weighted by Crippen LogP contribution is 2.70. The molecule has 3 nitrogen and oxygen atoms in total. The molecule has 0 aliphatic heterocycles. The van der Waals surface area contributed by atoms with Crippen molar-refractivity contribution >= 4 is 21.7 Å². The van der Waals surface area contributed by atoms with Crippen molar-refractivity contribution in [3.8, 4) is 0 Å². The van der Waals surface area contributed by atoms with Crippen molar-refractivity contribution in [1.82, 2.24) is 5.16 Å². The molecule has 1 aromatic rings. The van der Waals surface area contributed by atoms with E-state index in [0.717, 1.165) is 16.2 Å². The van der Waals surface area contributed by atoms with Crippen LogP contribution < -0.4 is 5.73 Å². The molecule has 2 N–H and O–H groups in total. The van der Waals surface area contributed by atoms with Crippen LogP contribution in [0, 0.1) is 16.7 Å². The predicted molar refractivity (Wildman–Crippen MR) is 77.7 cm³/mol. The topological polar surface area (TPSA) is 52.0 Å². The average molecular weight is 325 g/mol. The summed E-state index contributed by atoms with van der Waals surface area (Å²) < 4.78 is 6.55. The molecule has 1 aromatic heterocycles. The van der Waals surface area contributed by atoms with Crippen molar-refractivity contribution in [1.29, 1.82) is 0 Å². The van der Waals surface area contributed by atoms with E-state index in [-0.39, 0.29) is 5.41 Å². The van der Waals surface area contributed by atoms with E-state index < -0.39 is 0 Å². The lowest BCUT2D eigenvalue weighted by Crippen LogP contribution is -2.56. The van der Waals surface area contributed by atoms with Crippen molar-refractivity contribution < 1.29 is 4.52 Å². The van der Waals surface area contributed by atoms with Gasteiger partial charge in [0, 0.05) is 5.41 Å². The van der Waals surface area contributed by atoms with Gasteiger partial charge in [0.2, 0.25) is 0 Å². The van der Waals surface area contributed by atoms with Crippen LogP contribution in [-0.4, -0.2) is 5.16 Å². The first kappa shape index (κ1) is 12.2. The minimum atomic E-state index is 0.173. The maximum Gasteiger partial charge on any atom is 0.181 e. The molecule has 2 unspecified atom stereocenters. The minimum Gasteiger partial charge on any atom is -0.380 e. The van der Waals surface area contributed by atoms with Crippen LogP contribution in [0.2, 0.25) is 0 Å². The predicted octanol–water partition coefficient (Wildman–Crippen LogP) is 4.27. The van der Waals surface area contributed by atoms with Crippen LogP contribution in [0.3, 0.4) is 0 Å². The lowest BCUT2D eigenvalue weighted by molar-refractivity contribution is -0.117. The normalized spacial score (nSPS) is 47.8. The molecule has 4 saturated carbocycles. The molecular formula is C15H21BrN2O. The molecule has 4 aliphatic rings. The maximum absolute atomic E-state index is 5.87. The first-order chi connectivity index (χ1) is 8.83. The molecule has 4 fully saturated rings. The highest BCUT2D eigenvalue weighted by Gasteiger charge is 2.62. The third-order valence-corrected chi connectivity index (χ3v) is 6.53. The molecule has 4 bridgehead atoms. The first-order valence-corrected chi connectivity index (χ1v) is 8.04. The molecule has 4 heteroatoms. The molecule has 5 rings (SSSR count). The Morgan fingerprint density at radius 1 is 1.16 bits per heavy atom. The SMILES string of the molecule is CC12CC3CC(C)(C1)CC(c1onc(N)c1Br)(C3)C2. The number of halogens is 1. The van der Waals surface area contributed by atoms with Gasteiger partial charge in [-0.15, -0.1) is 0 Å². The second-order valence-electron chi connectivity index (χ2n) is 8.12. The number of anilines is 1. The Labute approximate surface area is 122 Å². The van der Waals surface area contributed by atoms with E-state index >= 15 is 0 Å². The van der Waals surface area contributed by atoms with Gasteiger partial charge in [0.05, 0.1) is 0 Å². The minimum absolute atomic E-state index is 0.173. The third kappa shape index (κ3) is 1.58. The lowest BCUT2D eigenvalue weighted by Gasteiger charge is -2.64. The molecule has 0 saturated heterocycles. The monoisotopic (exact) mass is 324 g/mol. The first-order valence-electron chi connectivity index (χ1n) is 7.24. The van der Waals surface area contributed by atoms with Crippen LogP contribution in [0.1, 0.15) is 58.1 Å². The lowest BCUT2D eigenvalue weighted by atomic mass is 9.40. The van der Waals surface area contributed by atoms with Gasteiger partial charge in [-0.1, -0.05) is 19.0 Å². The van der Waals surface area contributed by atoms with Gasteiger partial charge in [0.1, 0.15) is 4.47 Å². The van der Waals surface area contributed by atoms with Crippen molar-refractivity contribution in [2.45, 2.75) is 57.8 Å². The summed E-state index contributed by atoms with van der Waals surface area (Å²) in [6.45, 7) is 4.94. The van der Waals surface area contributed by atoms with Crippen molar-refractivity contribution in [2.75, 3.05) is 5.73 Å². The molecule has 4 aliphatic carbocycles. The fourth-order valence-electron chi connectivity index (χ4n) is 6.32. The Morgan fingerprint density at radius 2 is 1.79 bits per heavy atom. The van der Waals surface area contributed by atoms with Gasteiger partial charge in [-0.25, -0.2) is 0 Å².